The average molecular weight is 1150 g/mol. The van der Waals surface area contributed by atoms with Gasteiger partial charge < -0.3 is 62.8 Å². The SMILES string of the molecule is CC(C)(C)n1cc(B(O)O)cn1.CC(C)n1cc(B(O)O)cn1.CC1(C)OB(c2cn[nH]c2)OC1(C)C.CC1(C)OB(c2cnn(C3CC3)c2)OC1(C)C.CC1(C)OB(c2cnn(C3CCOCC3)c2)OC1(C)C.Cn1cc(B(O)O)cn1. The molecule has 0 aromatic carbocycles. The van der Waals surface area contributed by atoms with Gasteiger partial charge in [-0.25, -0.2) is 0 Å². The van der Waals surface area contributed by atoms with Gasteiger partial charge in [-0.2, -0.15) is 30.6 Å². The first-order valence-corrected chi connectivity index (χ1v) is 28.3. The van der Waals surface area contributed by atoms with Gasteiger partial charge in [-0.3, -0.25) is 28.5 Å². The fraction of sp³-hybridized carbons (Fsp3) is 0.654. The molecule has 4 saturated heterocycles. The summed E-state index contributed by atoms with van der Waals surface area (Å²) in [7, 11) is -3.45. The second kappa shape index (κ2) is 26.8. The van der Waals surface area contributed by atoms with E-state index in [-0.39, 0.29) is 66.5 Å². The van der Waals surface area contributed by atoms with Gasteiger partial charge in [0.15, 0.2) is 0 Å². The minimum atomic E-state index is -1.43. The average Bonchev–Trinajstić information content (AvgIpc) is 4.31. The van der Waals surface area contributed by atoms with Crippen LogP contribution in [0.1, 0.15) is 162 Å². The van der Waals surface area contributed by atoms with E-state index < -0.39 is 21.4 Å². The second-order valence-electron chi connectivity index (χ2n) is 25.7. The topological polar surface area (TPSA) is 304 Å². The monoisotopic (exact) mass is 1150 g/mol. The van der Waals surface area contributed by atoms with Crippen molar-refractivity contribution in [2.75, 3.05) is 13.2 Å². The van der Waals surface area contributed by atoms with E-state index in [1.807, 2.05) is 84.1 Å². The molecule has 0 amide bonds. The van der Waals surface area contributed by atoms with Crippen molar-refractivity contribution in [2.24, 2.45) is 7.05 Å². The third kappa shape index (κ3) is 17.6. The molecule has 1 saturated carbocycles. The zero-order valence-electron chi connectivity index (χ0n) is 51.8. The van der Waals surface area contributed by atoms with Crippen LogP contribution in [-0.2, 0) is 45.2 Å². The Labute approximate surface area is 490 Å². The summed E-state index contributed by atoms with van der Waals surface area (Å²) < 4.78 is 50.1. The number of hydrogen-bond donors (Lipinski definition) is 7. The van der Waals surface area contributed by atoms with Gasteiger partial charge in [0.05, 0.1) is 51.2 Å². The number of rotatable bonds is 9. The van der Waals surface area contributed by atoms with Crippen molar-refractivity contribution in [3.05, 3.63) is 74.4 Å². The highest BCUT2D eigenvalue weighted by atomic mass is 16.7. The molecule has 31 heteroatoms. The van der Waals surface area contributed by atoms with Crippen LogP contribution in [-0.4, -0.2) is 179 Å². The first kappa shape index (κ1) is 67.3. The van der Waals surface area contributed by atoms with E-state index >= 15 is 0 Å². The fourth-order valence-corrected chi connectivity index (χ4v) is 8.14. The maximum Gasteiger partial charge on any atom is 0.498 e. The molecule has 5 aliphatic rings. The van der Waals surface area contributed by atoms with Crippen molar-refractivity contribution < 1.29 is 62.8 Å². The molecule has 6 aromatic heterocycles. The number of ether oxygens (including phenoxy) is 1. The van der Waals surface area contributed by atoms with Crippen molar-refractivity contribution in [1.82, 2.24) is 59.1 Å². The second-order valence-corrected chi connectivity index (χ2v) is 25.7. The summed E-state index contributed by atoms with van der Waals surface area (Å²) in [5.41, 5.74) is 2.36. The van der Waals surface area contributed by atoms with Crippen molar-refractivity contribution in [2.45, 2.75) is 201 Å². The van der Waals surface area contributed by atoms with Crippen LogP contribution in [0.5, 0.6) is 0 Å². The van der Waals surface area contributed by atoms with Crippen molar-refractivity contribution in [3.8, 4) is 0 Å². The molecule has 452 valence electrons. The summed E-state index contributed by atoms with van der Waals surface area (Å²) in [6.45, 7) is 36.2. The lowest BCUT2D eigenvalue weighted by atomic mass is 9.82. The van der Waals surface area contributed by atoms with Crippen molar-refractivity contribution >= 4 is 75.5 Å². The number of nitrogens with zero attached hydrogens (tertiary/aromatic N) is 11. The summed E-state index contributed by atoms with van der Waals surface area (Å²) in [5.74, 6) is 0. The van der Waals surface area contributed by atoms with Gasteiger partial charge in [-0.1, -0.05) is 0 Å². The van der Waals surface area contributed by atoms with Crippen LogP contribution < -0.4 is 32.8 Å². The molecule has 0 atom stereocenters. The van der Waals surface area contributed by atoms with Crippen LogP contribution in [0, 0.1) is 0 Å². The van der Waals surface area contributed by atoms with E-state index in [9.17, 15) is 0 Å². The Kier molecular flexibility index (Phi) is 21.7. The maximum absolute atomic E-state index is 8.80. The number of hydrogen-bond acceptors (Lipinski definition) is 19. The van der Waals surface area contributed by atoms with Gasteiger partial charge in [0.2, 0.25) is 0 Å². The van der Waals surface area contributed by atoms with Crippen LogP contribution in [0.25, 0.3) is 0 Å². The van der Waals surface area contributed by atoms with Gasteiger partial charge in [0.25, 0.3) is 0 Å². The fourth-order valence-electron chi connectivity index (χ4n) is 8.14. The molecule has 0 unspecified atom stereocenters. The summed E-state index contributed by atoms with van der Waals surface area (Å²) in [6.07, 6.45) is 25.0. The summed E-state index contributed by atoms with van der Waals surface area (Å²) >= 11 is 0. The van der Waals surface area contributed by atoms with Crippen LogP contribution in [0.2, 0.25) is 0 Å². The third-order valence-corrected chi connectivity index (χ3v) is 15.9. The molecule has 7 N–H and O–H groups in total. The van der Waals surface area contributed by atoms with E-state index in [1.165, 1.54) is 36.1 Å². The largest absolute Gasteiger partial charge is 0.498 e. The van der Waals surface area contributed by atoms with Gasteiger partial charge in [0, 0.05) is 133 Å². The molecule has 83 heavy (non-hydrogen) atoms. The first-order chi connectivity index (χ1) is 38.4. The standard InChI is InChI=1S/C14H23BN2O3.C12H19BN2O2.C9H15BN2O2.C7H13BN2O2.C6H11BN2O2.C4H7BN2O2/c1-13(2)14(3,4)20-15(19-13)11-9-16-17(10-11)12-5-7-18-8-6-12;1-11(2)12(3,4)17-13(16-11)9-7-14-15(8-9)10-5-6-10;1-8(2)9(3,4)14-10(13-8)7-5-11-12-6-7;1-7(2,3)10-5-6(4-9-10)8(11)12;1-5(2)9-4-6(3-8-9)7(10)11;1-7-3-4(2-6-7)5(8)9/h9-10,12H,5-8H2,1-4H3;7-8,10H,5-6H2,1-4H3;5-6H,1-4H3,(H,11,12);4-5,11-12H,1-3H3;3-5,10-11H,1-2H3;2-3,8-9H,1H3. The number of H-pyrrole nitrogens is 1. The Bertz CT molecular complexity index is 2850. The molecule has 4 aliphatic heterocycles. The molecule has 5 fully saturated rings. The van der Waals surface area contributed by atoms with E-state index in [4.69, 9.17) is 62.8 Å². The molecule has 1 aliphatic carbocycles. The molecule has 11 rings (SSSR count). The Morgan fingerprint density at radius 2 is 0.892 bits per heavy atom. The smallest absolute Gasteiger partial charge is 0.423 e. The third-order valence-electron chi connectivity index (χ3n) is 15.9. The van der Waals surface area contributed by atoms with E-state index in [2.05, 4.69) is 103 Å². The molecular formula is C52H88B6N12O13. The van der Waals surface area contributed by atoms with Gasteiger partial charge >= 0.3 is 42.7 Å². The summed E-state index contributed by atoms with van der Waals surface area (Å²) in [6, 6.07) is 1.29. The lowest BCUT2D eigenvalue weighted by Crippen LogP contribution is -2.41. The maximum atomic E-state index is 8.80. The number of nitrogens with one attached hydrogen (secondary N) is 1. The van der Waals surface area contributed by atoms with E-state index in [1.54, 1.807) is 47.4 Å². The highest BCUT2D eigenvalue weighted by Gasteiger charge is 2.54. The summed E-state index contributed by atoms with van der Waals surface area (Å²) in [5, 5.41) is 79.3. The lowest BCUT2D eigenvalue weighted by Gasteiger charge is -2.32. The van der Waals surface area contributed by atoms with Crippen LogP contribution in [0.3, 0.4) is 0 Å². The highest BCUT2D eigenvalue weighted by molar-refractivity contribution is 6.63. The number of aromatic amines is 1. The zero-order chi connectivity index (χ0) is 61.7. The van der Waals surface area contributed by atoms with Crippen molar-refractivity contribution in [1.29, 1.82) is 0 Å². The molecule has 10 heterocycles. The molecule has 25 nitrogen and oxygen atoms in total. The molecular weight excluding hydrogens is 1070 g/mol. The van der Waals surface area contributed by atoms with Crippen LogP contribution >= 0.6 is 0 Å². The van der Waals surface area contributed by atoms with Gasteiger partial charge in [-0.15, -0.1) is 0 Å². The Morgan fingerprint density at radius 3 is 1.19 bits per heavy atom. The minimum Gasteiger partial charge on any atom is -0.423 e. The Balaban J connectivity index is 0.000000163. The highest BCUT2D eigenvalue weighted by Crippen LogP contribution is 2.39. The number of aromatic nitrogens is 12. The molecule has 0 spiro atoms. The molecule has 6 aromatic rings. The van der Waals surface area contributed by atoms with Gasteiger partial charge in [0.1, 0.15) is 0 Å². The zero-order valence-corrected chi connectivity index (χ0v) is 51.8. The summed E-state index contributed by atoms with van der Waals surface area (Å²) in [4.78, 5) is 0. The predicted molar refractivity (Wildman–Crippen MR) is 320 cm³/mol. The number of aryl methyl sites for hydroxylation is 1. The van der Waals surface area contributed by atoms with Crippen molar-refractivity contribution in [3.63, 3.8) is 0 Å². The van der Waals surface area contributed by atoms with Gasteiger partial charge in [-0.05, 0) is 143 Å². The Morgan fingerprint density at radius 1 is 0.506 bits per heavy atom. The van der Waals surface area contributed by atoms with Crippen LogP contribution in [0.4, 0.5) is 0 Å². The first-order valence-electron chi connectivity index (χ1n) is 28.3. The van der Waals surface area contributed by atoms with E-state index in [0.717, 1.165) is 42.4 Å². The predicted octanol–water partition coefficient (Wildman–Crippen LogP) is 0.322. The molecule has 0 radical (unpaired) electrons. The quantitative estimate of drug-likeness (QED) is 0.0960. The Hall–Kier alpha value is -4.87. The van der Waals surface area contributed by atoms with E-state index in [0.29, 0.717) is 28.5 Å². The normalized spacial score (nSPS) is 19.9. The molecule has 0 bridgehead atoms. The lowest BCUT2D eigenvalue weighted by molar-refractivity contribution is 0.00578. The minimum absolute atomic E-state index is 0.118. The van der Waals surface area contributed by atoms with Crippen LogP contribution in [0.15, 0.2) is 74.4 Å².